The molecule has 2 rings (SSSR count). The Morgan fingerprint density at radius 3 is 2.69 bits per heavy atom. The SMILES string of the molecule is O=C(COC1CCNCC1)NC1(CO)CC1. The summed E-state index contributed by atoms with van der Waals surface area (Å²) in [4.78, 5) is 11.5. The first-order chi connectivity index (χ1) is 7.74. The Bertz CT molecular complexity index is 248. The van der Waals surface area contributed by atoms with Crippen LogP contribution >= 0.6 is 0 Å². The third-order valence-electron chi connectivity index (χ3n) is 3.30. The maximum Gasteiger partial charge on any atom is 0.246 e. The van der Waals surface area contributed by atoms with E-state index in [1.807, 2.05) is 0 Å². The Labute approximate surface area is 95.5 Å². The van der Waals surface area contributed by atoms with Crippen LogP contribution in [0.2, 0.25) is 0 Å². The lowest BCUT2D eigenvalue weighted by Gasteiger charge is -2.23. The van der Waals surface area contributed by atoms with Gasteiger partial charge in [-0.2, -0.15) is 0 Å². The van der Waals surface area contributed by atoms with Crippen molar-refractivity contribution in [3.8, 4) is 0 Å². The molecule has 0 spiro atoms. The van der Waals surface area contributed by atoms with Gasteiger partial charge in [0.2, 0.25) is 5.91 Å². The van der Waals surface area contributed by atoms with Crippen LogP contribution in [0.15, 0.2) is 0 Å². The van der Waals surface area contributed by atoms with E-state index in [4.69, 9.17) is 9.84 Å². The third kappa shape index (κ3) is 3.17. The Hall–Kier alpha value is -0.650. The first-order valence-electron chi connectivity index (χ1n) is 5.98. The fourth-order valence-electron chi connectivity index (χ4n) is 1.96. The predicted octanol–water partition coefficient (Wildman–Crippen LogP) is -0.604. The normalized spacial score (nSPS) is 24.1. The minimum atomic E-state index is -0.325. The molecule has 1 heterocycles. The van der Waals surface area contributed by atoms with Crippen LogP contribution in [-0.4, -0.2) is 49.0 Å². The summed E-state index contributed by atoms with van der Waals surface area (Å²) in [5, 5.41) is 15.1. The van der Waals surface area contributed by atoms with Crippen LogP contribution in [0, 0.1) is 0 Å². The lowest BCUT2D eigenvalue weighted by molar-refractivity contribution is -0.129. The van der Waals surface area contributed by atoms with Gasteiger partial charge in [0.25, 0.3) is 0 Å². The molecular weight excluding hydrogens is 208 g/mol. The van der Waals surface area contributed by atoms with Crippen molar-refractivity contribution in [2.45, 2.75) is 37.3 Å². The van der Waals surface area contributed by atoms with Gasteiger partial charge in [0, 0.05) is 0 Å². The van der Waals surface area contributed by atoms with Crippen molar-refractivity contribution in [3.63, 3.8) is 0 Å². The number of nitrogens with one attached hydrogen (secondary N) is 2. The van der Waals surface area contributed by atoms with Crippen molar-refractivity contribution in [3.05, 3.63) is 0 Å². The van der Waals surface area contributed by atoms with Gasteiger partial charge in [-0.15, -0.1) is 0 Å². The zero-order chi connectivity index (χ0) is 11.4. The van der Waals surface area contributed by atoms with Crippen molar-refractivity contribution in [1.29, 1.82) is 0 Å². The maximum absolute atomic E-state index is 11.5. The summed E-state index contributed by atoms with van der Waals surface area (Å²) in [6, 6.07) is 0. The van der Waals surface area contributed by atoms with Crippen molar-refractivity contribution in [2.75, 3.05) is 26.3 Å². The molecule has 0 aromatic rings. The van der Waals surface area contributed by atoms with Gasteiger partial charge in [0.1, 0.15) is 6.61 Å². The van der Waals surface area contributed by atoms with E-state index >= 15 is 0 Å². The predicted molar refractivity (Wildman–Crippen MR) is 59.0 cm³/mol. The Morgan fingerprint density at radius 1 is 1.44 bits per heavy atom. The summed E-state index contributed by atoms with van der Waals surface area (Å²) in [6.45, 7) is 2.08. The number of aliphatic hydroxyl groups is 1. The van der Waals surface area contributed by atoms with E-state index in [1.54, 1.807) is 0 Å². The lowest BCUT2D eigenvalue weighted by Crippen LogP contribution is -2.42. The summed E-state index contributed by atoms with van der Waals surface area (Å²) in [6.07, 6.45) is 3.90. The van der Waals surface area contributed by atoms with Crippen LogP contribution in [0.5, 0.6) is 0 Å². The molecule has 1 aliphatic heterocycles. The fourth-order valence-corrected chi connectivity index (χ4v) is 1.96. The Morgan fingerprint density at radius 2 is 2.12 bits per heavy atom. The highest BCUT2D eigenvalue weighted by molar-refractivity contribution is 5.78. The molecule has 1 aliphatic carbocycles. The highest BCUT2D eigenvalue weighted by Crippen LogP contribution is 2.34. The van der Waals surface area contributed by atoms with E-state index in [0.717, 1.165) is 38.8 Å². The zero-order valence-corrected chi connectivity index (χ0v) is 9.50. The highest BCUT2D eigenvalue weighted by atomic mass is 16.5. The summed E-state index contributed by atoms with van der Waals surface area (Å²) >= 11 is 0. The number of piperidine rings is 1. The van der Waals surface area contributed by atoms with E-state index in [9.17, 15) is 4.79 Å². The molecule has 1 amide bonds. The third-order valence-corrected chi connectivity index (χ3v) is 3.30. The number of amides is 1. The van der Waals surface area contributed by atoms with Gasteiger partial charge >= 0.3 is 0 Å². The summed E-state index contributed by atoms with van der Waals surface area (Å²) < 4.78 is 5.53. The molecule has 92 valence electrons. The molecule has 1 saturated carbocycles. The minimum Gasteiger partial charge on any atom is -0.394 e. The monoisotopic (exact) mass is 228 g/mol. The lowest BCUT2D eigenvalue weighted by atomic mass is 10.1. The largest absolute Gasteiger partial charge is 0.394 e. The van der Waals surface area contributed by atoms with Crippen molar-refractivity contribution >= 4 is 5.91 Å². The van der Waals surface area contributed by atoms with E-state index in [1.165, 1.54) is 0 Å². The van der Waals surface area contributed by atoms with Crippen LogP contribution in [-0.2, 0) is 9.53 Å². The summed E-state index contributed by atoms with van der Waals surface area (Å²) in [7, 11) is 0. The molecule has 1 saturated heterocycles. The average Bonchev–Trinajstić information content (AvgIpc) is 3.08. The number of carbonyl (C=O) groups excluding carboxylic acids is 1. The summed E-state index contributed by atoms with van der Waals surface area (Å²) in [5.41, 5.74) is -0.325. The molecule has 2 aliphatic rings. The van der Waals surface area contributed by atoms with E-state index in [-0.39, 0.29) is 30.8 Å². The van der Waals surface area contributed by atoms with Crippen LogP contribution < -0.4 is 10.6 Å². The number of hydrogen-bond donors (Lipinski definition) is 3. The minimum absolute atomic E-state index is 0.0338. The standard InChI is InChI=1S/C11H20N2O3/c14-8-11(3-4-11)13-10(15)7-16-9-1-5-12-6-2-9/h9,12,14H,1-8H2,(H,13,15). The maximum atomic E-state index is 11.5. The first-order valence-corrected chi connectivity index (χ1v) is 5.98. The molecule has 3 N–H and O–H groups in total. The van der Waals surface area contributed by atoms with Crippen molar-refractivity contribution in [1.82, 2.24) is 10.6 Å². The molecule has 0 aromatic carbocycles. The van der Waals surface area contributed by atoms with Crippen LogP contribution in [0.4, 0.5) is 0 Å². The quantitative estimate of drug-likeness (QED) is 0.587. The van der Waals surface area contributed by atoms with Crippen molar-refractivity contribution in [2.24, 2.45) is 0 Å². The number of ether oxygens (including phenoxy) is 1. The van der Waals surface area contributed by atoms with Crippen LogP contribution in [0.25, 0.3) is 0 Å². The second-order valence-electron chi connectivity index (χ2n) is 4.75. The van der Waals surface area contributed by atoms with Gasteiger partial charge in [0.15, 0.2) is 0 Å². The smallest absolute Gasteiger partial charge is 0.246 e. The van der Waals surface area contributed by atoms with Gasteiger partial charge in [-0.25, -0.2) is 0 Å². The van der Waals surface area contributed by atoms with Crippen LogP contribution in [0.1, 0.15) is 25.7 Å². The molecule has 0 aromatic heterocycles. The molecule has 0 bridgehead atoms. The Kier molecular flexibility index (Phi) is 3.78. The van der Waals surface area contributed by atoms with Gasteiger partial charge in [-0.1, -0.05) is 0 Å². The molecular formula is C11H20N2O3. The second kappa shape index (κ2) is 5.12. The average molecular weight is 228 g/mol. The van der Waals surface area contributed by atoms with E-state index < -0.39 is 0 Å². The van der Waals surface area contributed by atoms with Crippen LogP contribution in [0.3, 0.4) is 0 Å². The number of rotatable bonds is 5. The number of hydrogen-bond acceptors (Lipinski definition) is 4. The molecule has 16 heavy (non-hydrogen) atoms. The van der Waals surface area contributed by atoms with Crippen molar-refractivity contribution < 1.29 is 14.6 Å². The zero-order valence-electron chi connectivity index (χ0n) is 9.50. The molecule has 0 unspecified atom stereocenters. The molecule has 0 atom stereocenters. The number of aliphatic hydroxyl groups excluding tert-OH is 1. The number of carbonyl (C=O) groups is 1. The van der Waals surface area contributed by atoms with E-state index in [2.05, 4.69) is 10.6 Å². The molecule has 5 nitrogen and oxygen atoms in total. The molecule has 2 fully saturated rings. The summed E-state index contributed by atoms with van der Waals surface area (Å²) in [5.74, 6) is -0.106. The van der Waals surface area contributed by atoms with Gasteiger partial charge in [0.05, 0.1) is 18.2 Å². The van der Waals surface area contributed by atoms with Gasteiger partial charge in [-0.3, -0.25) is 4.79 Å². The fraction of sp³-hybridized carbons (Fsp3) is 0.909. The Balaban J connectivity index is 1.63. The highest BCUT2D eigenvalue weighted by Gasteiger charge is 2.43. The van der Waals surface area contributed by atoms with E-state index in [0.29, 0.717) is 0 Å². The second-order valence-corrected chi connectivity index (χ2v) is 4.75. The molecule has 5 heteroatoms. The van der Waals surface area contributed by atoms with Gasteiger partial charge in [-0.05, 0) is 38.8 Å². The van der Waals surface area contributed by atoms with Gasteiger partial charge < -0.3 is 20.5 Å². The first kappa shape index (κ1) is 11.8. The molecule has 0 radical (unpaired) electrons. The topological polar surface area (TPSA) is 70.6 Å².